The molecule has 0 atom stereocenters. The zero-order chi connectivity index (χ0) is 21.5. The van der Waals surface area contributed by atoms with Crippen LogP contribution >= 0.6 is 0 Å². The molecule has 3 aromatic rings. The zero-order valence-corrected chi connectivity index (χ0v) is 19.2. The van der Waals surface area contributed by atoms with E-state index >= 15 is 0 Å². The van der Waals surface area contributed by atoms with Gasteiger partial charge < -0.3 is 0 Å². The molecule has 0 saturated heterocycles. The predicted molar refractivity (Wildman–Crippen MR) is 123 cm³/mol. The number of benzene rings is 3. The first-order valence-corrected chi connectivity index (χ1v) is 15.1. The normalized spacial score (nSPS) is 15.5. The summed E-state index contributed by atoms with van der Waals surface area (Å²) in [6.45, 7) is 0. The summed E-state index contributed by atoms with van der Waals surface area (Å²) in [5, 5.41) is 0. The van der Waals surface area contributed by atoms with Crippen molar-refractivity contribution in [1.29, 1.82) is 0 Å². The first-order chi connectivity index (χ1) is 15.1. The topological polar surface area (TPSA) is 52.6 Å². The third kappa shape index (κ3) is 5.73. The molecule has 4 rings (SSSR count). The molecule has 0 radical (unpaired) electrons. The van der Waals surface area contributed by atoms with Gasteiger partial charge in [0.25, 0.3) is 0 Å². The van der Waals surface area contributed by atoms with Crippen LogP contribution in [0.3, 0.4) is 0 Å². The Hall–Kier alpha value is -3.13. The Morgan fingerprint density at radius 3 is 1.42 bits per heavy atom. The fourth-order valence-electron chi connectivity index (χ4n) is 3.31. The van der Waals surface area contributed by atoms with Crippen LogP contribution in [0.2, 0.25) is 0 Å². The van der Waals surface area contributed by atoms with Crippen LogP contribution in [0.5, 0.6) is 0 Å². The van der Waals surface area contributed by atoms with Crippen molar-refractivity contribution < 1.29 is 15.8 Å². The van der Waals surface area contributed by atoms with Crippen molar-refractivity contribution in [3.63, 3.8) is 0 Å². The van der Waals surface area contributed by atoms with E-state index in [4.69, 9.17) is 6.20 Å². The first-order valence-electron chi connectivity index (χ1n) is 9.90. The monoisotopic (exact) mass is 528 g/mol. The molecule has 1 aliphatic heterocycles. The molecule has 31 heavy (non-hydrogen) atoms. The maximum absolute atomic E-state index is 12.6. The minimum atomic E-state index is -3.80. The van der Waals surface area contributed by atoms with Crippen LogP contribution in [0.4, 0.5) is 0 Å². The summed E-state index contributed by atoms with van der Waals surface area (Å²) in [6, 6.07) is 27.0. The molecule has 0 aromatic heterocycles. The van der Waals surface area contributed by atoms with Gasteiger partial charge in [-0.25, -0.2) is 0 Å². The number of rotatable bonds is 6. The van der Waals surface area contributed by atoms with Crippen LogP contribution in [0.25, 0.3) is 12.2 Å². The van der Waals surface area contributed by atoms with Gasteiger partial charge in [0.05, 0.1) is 0 Å². The quantitative estimate of drug-likeness (QED) is 0.342. The molecule has 0 bridgehead atoms. The van der Waals surface area contributed by atoms with Crippen molar-refractivity contribution >= 4 is 43.1 Å². The van der Waals surface area contributed by atoms with E-state index in [0.717, 1.165) is 22.3 Å². The molecule has 0 aliphatic carbocycles. The number of hydrogen-bond donors (Lipinski definition) is 0. The Kier molecular flexibility index (Phi) is 6.66. The van der Waals surface area contributed by atoms with Gasteiger partial charge in [0.1, 0.15) is 0 Å². The van der Waals surface area contributed by atoms with Gasteiger partial charge in [-0.15, -0.1) is 0 Å². The third-order valence-electron chi connectivity index (χ3n) is 4.76. The molecular weight excluding hydrogens is 504 g/mol. The molecule has 0 amide bonds. The standard InChI is InChI=1S/C26H22O4Te/c27-25(17-15-21-9-3-1-4-10-21)29-31(19-23-13-7-8-14-24(23)20-31)30-26(28)18-16-22-11-5-2-6-12-22/h1-18H,19-20H2/b17-15+,18-16+. The Morgan fingerprint density at radius 1 is 0.613 bits per heavy atom. The number of carbonyl (C=O) groups excluding carboxylic acids is 2. The number of carbonyl (C=O) groups is 2. The summed E-state index contributed by atoms with van der Waals surface area (Å²) in [4.78, 5) is 25.2. The maximum atomic E-state index is 12.6. The summed E-state index contributed by atoms with van der Waals surface area (Å²) in [5.41, 5.74) is 3.98. The minimum absolute atomic E-state index is 0.474. The second-order valence-electron chi connectivity index (χ2n) is 7.09. The van der Waals surface area contributed by atoms with Gasteiger partial charge >= 0.3 is 187 Å². The molecule has 0 spiro atoms. The van der Waals surface area contributed by atoms with E-state index in [-0.39, 0.29) is 0 Å². The van der Waals surface area contributed by atoms with Gasteiger partial charge in [-0.05, 0) is 0 Å². The molecule has 3 aromatic carbocycles. The van der Waals surface area contributed by atoms with Crippen LogP contribution in [0.1, 0.15) is 22.3 Å². The van der Waals surface area contributed by atoms with Crippen molar-refractivity contribution in [1.82, 2.24) is 0 Å². The Bertz CT molecular complexity index is 1030. The molecule has 0 fully saturated rings. The summed E-state index contributed by atoms with van der Waals surface area (Å²) in [5.74, 6) is -0.949. The SMILES string of the molecule is O=C(/C=C/c1ccccc1)O[Te]1(OC(=O)/C=C/c2ccccc2)Cc2ccccc2C1. The Morgan fingerprint density at radius 2 is 1.00 bits per heavy atom. The van der Waals surface area contributed by atoms with E-state index in [0.29, 0.717) is 8.94 Å². The van der Waals surface area contributed by atoms with Gasteiger partial charge in [-0.3, -0.25) is 0 Å². The summed E-state index contributed by atoms with van der Waals surface area (Å²) >= 11 is -3.80. The fraction of sp³-hybridized carbons (Fsp3) is 0.0769. The van der Waals surface area contributed by atoms with Crippen LogP contribution in [0, 0.1) is 0 Å². The van der Waals surface area contributed by atoms with Crippen molar-refractivity contribution in [3.8, 4) is 0 Å². The fourth-order valence-corrected chi connectivity index (χ4v) is 10.7. The van der Waals surface area contributed by atoms with Gasteiger partial charge in [-0.1, -0.05) is 0 Å². The molecule has 1 aliphatic rings. The van der Waals surface area contributed by atoms with E-state index in [9.17, 15) is 9.59 Å². The summed E-state index contributed by atoms with van der Waals surface area (Å²) in [7, 11) is 0. The Labute approximate surface area is 186 Å². The molecule has 4 nitrogen and oxygen atoms in total. The average molecular weight is 526 g/mol. The second kappa shape index (κ2) is 9.78. The molecule has 0 N–H and O–H groups in total. The van der Waals surface area contributed by atoms with E-state index in [1.165, 1.54) is 12.2 Å². The average Bonchev–Trinajstić information content (AvgIpc) is 3.15. The van der Waals surface area contributed by atoms with E-state index < -0.39 is 30.9 Å². The van der Waals surface area contributed by atoms with Crippen LogP contribution in [-0.2, 0) is 24.7 Å². The second-order valence-corrected chi connectivity index (χ2v) is 13.9. The molecule has 1 heterocycles. The first kappa shape index (κ1) is 21.1. The third-order valence-corrected chi connectivity index (χ3v) is 11.7. The van der Waals surface area contributed by atoms with Crippen molar-refractivity contribution in [2.45, 2.75) is 8.94 Å². The molecule has 0 unspecified atom stereocenters. The van der Waals surface area contributed by atoms with Gasteiger partial charge in [0.15, 0.2) is 0 Å². The van der Waals surface area contributed by atoms with Crippen molar-refractivity contribution in [2.24, 2.45) is 0 Å². The van der Waals surface area contributed by atoms with Crippen LogP contribution in [0.15, 0.2) is 97.1 Å². The van der Waals surface area contributed by atoms with Gasteiger partial charge in [0, 0.05) is 0 Å². The van der Waals surface area contributed by atoms with E-state index in [1.807, 2.05) is 84.9 Å². The molecule has 5 heteroatoms. The number of hydrogen-bond acceptors (Lipinski definition) is 4. The van der Waals surface area contributed by atoms with E-state index in [1.54, 1.807) is 12.2 Å². The molecule has 156 valence electrons. The van der Waals surface area contributed by atoms with E-state index in [2.05, 4.69) is 0 Å². The van der Waals surface area contributed by atoms with Gasteiger partial charge in [-0.2, -0.15) is 0 Å². The number of fused-ring (bicyclic) bond motifs is 1. The molecular formula is C26H22O4Te. The van der Waals surface area contributed by atoms with Gasteiger partial charge in [0.2, 0.25) is 0 Å². The van der Waals surface area contributed by atoms with Crippen LogP contribution in [-0.4, -0.2) is 30.9 Å². The summed E-state index contributed by atoms with van der Waals surface area (Å²) in [6.07, 6.45) is 6.22. The predicted octanol–water partition coefficient (Wildman–Crippen LogP) is 4.82. The van der Waals surface area contributed by atoms with Crippen LogP contribution < -0.4 is 0 Å². The Balaban J connectivity index is 1.50. The zero-order valence-electron chi connectivity index (χ0n) is 16.8. The van der Waals surface area contributed by atoms with Crippen molar-refractivity contribution in [2.75, 3.05) is 0 Å². The molecule has 0 saturated carbocycles. The van der Waals surface area contributed by atoms with Crippen molar-refractivity contribution in [3.05, 3.63) is 119 Å². The summed E-state index contributed by atoms with van der Waals surface area (Å²) < 4.78 is 12.8.